The molecule has 0 spiro atoms. The lowest BCUT2D eigenvalue weighted by Gasteiger charge is -2.45. The lowest BCUT2D eigenvalue weighted by Crippen LogP contribution is -2.53. The molecule has 23 heavy (non-hydrogen) atoms. The van der Waals surface area contributed by atoms with Crippen LogP contribution in [0, 0.1) is 11.8 Å². The summed E-state index contributed by atoms with van der Waals surface area (Å²) >= 11 is 0. The van der Waals surface area contributed by atoms with E-state index in [1.165, 1.54) is 24.6 Å². The summed E-state index contributed by atoms with van der Waals surface area (Å²) in [5.41, 5.74) is 6.94. The van der Waals surface area contributed by atoms with Gasteiger partial charge in [-0.05, 0) is 60.4 Å². The van der Waals surface area contributed by atoms with Crippen molar-refractivity contribution in [2.24, 2.45) is 17.6 Å². The summed E-state index contributed by atoms with van der Waals surface area (Å²) in [5.74, 6) is 1.18. The standard InChI is InChI=1S/C20H24N2O/c21-18-11-15-6-3-7-16(12-18)19(15)22-20(23)17-9-8-13-4-1-2-5-14(13)10-17/h1-2,4-5,8-10,15-16,18-19H,3,6-7,11-12,21H2,(H,22,23). The van der Waals surface area contributed by atoms with Gasteiger partial charge in [0.15, 0.2) is 0 Å². The van der Waals surface area contributed by atoms with Crippen molar-refractivity contribution in [1.29, 1.82) is 0 Å². The third kappa shape index (κ3) is 2.86. The number of fused-ring (bicyclic) bond motifs is 3. The highest BCUT2D eigenvalue weighted by Gasteiger charge is 2.39. The molecule has 4 rings (SSSR count). The van der Waals surface area contributed by atoms with Gasteiger partial charge in [-0.25, -0.2) is 0 Å². The van der Waals surface area contributed by atoms with Gasteiger partial charge in [0, 0.05) is 17.6 Å². The zero-order valence-corrected chi connectivity index (χ0v) is 13.4. The molecule has 0 aliphatic heterocycles. The predicted octanol–water partition coefficient (Wildman–Crippen LogP) is 3.48. The molecular formula is C20H24N2O. The summed E-state index contributed by atoms with van der Waals surface area (Å²) < 4.78 is 0. The highest BCUT2D eigenvalue weighted by molar-refractivity contribution is 5.98. The van der Waals surface area contributed by atoms with Gasteiger partial charge in [-0.2, -0.15) is 0 Å². The number of rotatable bonds is 2. The fourth-order valence-electron chi connectivity index (χ4n) is 4.59. The molecule has 2 saturated carbocycles. The zero-order valence-electron chi connectivity index (χ0n) is 13.4. The van der Waals surface area contributed by atoms with E-state index < -0.39 is 0 Å². The lowest BCUT2D eigenvalue weighted by molar-refractivity contribution is 0.0756. The molecule has 120 valence electrons. The van der Waals surface area contributed by atoms with Crippen molar-refractivity contribution in [2.75, 3.05) is 0 Å². The van der Waals surface area contributed by atoms with Crippen molar-refractivity contribution in [3.05, 3.63) is 48.0 Å². The Morgan fingerprint density at radius 1 is 1.00 bits per heavy atom. The molecule has 2 aromatic rings. The van der Waals surface area contributed by atoms with E-state index in [9.17, 15) is 4.79 Å². The second-order valence-corrected chi connectivity index (χ2v) is 7.24. The lowest BCUT2D eigenvalue weighted by atomic mass is 9.67. The molecule has 0 radical (unpaired) electrons. The van der Waals surface area contributed by atoms with Gasteiger partial charge in [-0.15, -0.1) is 0 Å². The van der Waals surface area contributed by atoms with Gasteiger partial charge in [-0.3, -0.25) is 4.79 Å². The van der Waals surface area contributed by atoms with Crippen molar-refractivity contribution in [1.82, 2.24) is 5.32 Å². The van der Waals surface area contributed by atoms with Gasteiger partial charge in [0.1, 0.15) is 0 Å². The number of nitrogens with one attached hydrogen (secondary N) is 1. The van der Waals surface area contributed by atoms with Crippen LogP contribution in [-0.2, 0) is 0 Å². The third-order valence-corrected chi connectivity index (χ3v) is 5.69. The second kappa shape index (κ2) is 5.97. The normalized spacial score (nSPS) is 30.1. The fraction of sp³-hybridized carbons (Fsp3) is 0.450. The van der Waals surface area contributed by atoms with E-state index in [4.69, 9.17) is 5.73 Å². The first kappa shape index (κ1) is 14.7. The number of amides is 1. The number of carbonyl (C=O) groups excluding carboxylic acids is 1. The zero-order chi connectivity index (χ0) is 15.8. The Labute approximate surface area is 137 Å². The van der Waals surface area contributed by atoms with Gasteiger partial charge in [-0.1, -0.05) is 36.8 Å². The highest BCUT2D eigenvalue weighted by Crippen LogP contribution is 2.39. The summed E-state index contributed by atoms with van der Waals surface area (Å²) in [4.78, 5) is 12.7. The number of hydrogen-bond donors (Lipinski definition) is 2. The van der Waals surface area contributed by atoms with Crippen molar-refractivity contribution >= 4 is 16.7 Å². The summed E-state index contributed by atoms with van der Waals surface area (Å²) in [7, 11) is 0. The van der Waals surface area contributed by atoms with Crippen LogP contribution >= 0.6 is 0 Å². The fourth-order valence-corrected chi connectivity index (χ4v) is 4.59. The molecule has 3 N–H and O–H groups in total. The van der Waals surface area contributed by atoms with Gasteiger partial charge < -0.3 is 11.1 Å². The maximum Gasteiger partial charge on any atom is 0.251 e. The Kier molecular flexibility index (Phi) is 3.82. The number of hydrogen-bond acceptors (Lipinski definition) is 2. The van der Waals surface area contributed by atoms with Crippen LogP contribution in [0.5, 0.6) is 0 Å². The minimum Gasteiger partial charge on any atom is -0.349 e. The van der Waals surface area contributed by atoms with E-state index in [-0.39, 0.29) is 5.91 Å². The second-order valence-electron chi connectivity index (χ2n) is 7.24. The molecule has 2 aliphatic carbocycles. The Morgan fingerprint density at radius 3 is 2.43 bits per heavy atom. The molecule has 2 aliphatic rings. The first-order valence-corrected chi connectivity index (χ1v) is 8.76. The van der Waals surface area contributed by atoms with Crippen LogP contribution in [0.4, 0.5) is 0 Å². The summed E-state index contributed by atoms with van der Waals surface area (Å²) in [5, 5.41) is 5.62. The van der Waals surface area contributed by atoms with E-state index in [0.29, 0.717) is 23.9 Å². The first-order chi connectivity index (χ1) is 11.2. The average molecular weight is 308 g/mol. The summed E-state index contributed by atoms with van der Waals surface area (Å²) in [6.45, 7) is 0. The Bertz CT molecular complexity index is 712. The van der Waals surface area contributed by atoms with Crippen molar-refractivity contribution in [3.63, 3.8) is 0 Å². The van der Waals surface area contributed by atoms with Gasteiger partial charge in [0.25, 0.3) is 5.91 Å². The molecule has 2 atom stereocenters. The SMILES string of the molecule is NC1CC2CCCC(C1)C2NC(=O)c1ccc2ccccc2c1. The minimum absolute atomic E-state index is 0.0631. The minimum atomic E-state index is 0.0631. The van der Waals surface area contributed by atoms with Gasteiger partial charge in [0.05, 0.1) is 0 Å². The Morgan fingerprint density at radius 2 is 1.70 bits per heavy atom. The smallest absolute Gasteiger partial charge is 0.251 e. The molecule has 2 bridgehead atoms. The number of nitrogens with two attached hydrogens (primary N) is 1. The molecule has 3 nitrogen and oxygen atoms in total. The van der Waals surface area contributed by atoms with Crippen LogP contribution in [0.25, 0.3) is 10.8 Å². The first-order valence-electron chi connectivity index (χ1n) is 8.76. The molecule has 3 heteroatoms. The van der Waals surface area contributed by atoms with Crippen molar-refractivity contribution < 1.29 is 4.79 Å². The molecule has 2 fully saturated rings. The molecular weight excluding hydrogens is 284 g/mol. The van der Waals surface area contributed by atoms with Crippen LogP contribution in [0.15, 0.2) is 42.5 Å². The van der Waals surface area contributed by atoms with Crippen LogP contribution in [-0.4, -0.2) is 18.0 Å². The van der Waals surface area contributed by atoms with Crippen molar-refractivity contribution in [3.8, 4) is 0 Å². The van der Waals surface area contributed by atoms with E-state index in [2.05, 4.69) is 17.4 Å². The number of benzene rings is 2. The predicted molar refractivity (Wildman–Crippen MR) is 93.2 cm³/mol. The maximum atomic E-state index is 12.7. The summed E-state index contributed by atoms with van der Waals surface area (Å²) in [6.07, 6.45) is 5.79. The van der Waals surface area contributed by atoms with E-state index in [1.807, 2.05) is 30.3 Å². The molecule has 0 aromatic heterocycles. The molecule has 2 unspecified atom stereocenters. The van der Waals surface area contributed by atoms with Crippen LogP contribution in [0.1, 0.15) is 42.5 Å². The quantitative estimate of drug-likeness (QED) is 0.892. The molecule has 2 aromatic carbocycles. The van der Waals surface area contributed by atoms with Crippen LogP contribution < -0.4 is 11.1 Å². The van der Waals surface area contributed by atoms with E-state index in [1.54, 1.807) is 0 Å². The van der Waals surface area contributed by atoms with Crippen molar-refractivity contribution in [2.45, 2.75) is 44.2 Å². The van der Waals surface area contributed by atoms with Gasteiger partial charge >= 0.3 is 0 Å². The monoisotopic (exact) mass is 308 g/mol. The number of carbonyl (C=O) groups is 1. The molecule has 0 heterocycles. The van der Waals surface area contributed by atoms with E-state index in [0.717, 1.165) is 23.8 Å². The van der Waals surface area contributed by atoms with Gasteiger partial charge in [0.2, 0.25) is 0 Å². The van der Waals surface area contributed by atoms with Crippen LogP contribution in [0.2, 0.25) is 0 Å². The Balaban J connectivity index is 1.54. The Hall–Kier alpha value is -1.87. The molecule has 1 amide bonds. The average Bonchev–Trinajstić information content (AvgIpc) is 2.55. The third-order valence-electron chi connectivity index (χ3n) is 5.69. The maximum absolute atomic E-state index is 12.7. The molecule has 0 saturated heterocycles. The van der Waals surface area contributed by atoms with E-state index >= 15 is 0 Å². The topological polar surface area (TPSA) is 55.1 Å². The largest absolute Gasteiger partial charge is 0.349 e. The van der Waals surface area contributed by atoms with Crippen LogP contribution in [0.3, 0.4) is 0 Å². The highest BCUT2D eigenvalue weighted by atomic mass is 16.1. The summed E-state index contributed by atoms with van der Waals surface area (Å²) in [6, 6.07) is 14.7.